The predicted octanol–water partition coefficient (Wildman–Crippen LogP) is 5.50. The van der Waals surface area contributed by atoms with Crippen LogP contribution in [0.15, 0.2) is 0 Å². The van der Waals surface area contributed by atoms with Crippen LogP contribution in [0.4, 0.5) is 0 Å². The molecular weight excluding hydrogens is 292 g/mol. The van der Waals surface area contributed by atoms with Crippen LogP contribution in [-0.2, 0) is 9.59 Å². The first-order chi connectivity index (χ1) is 10.9. The fourth-order valence-corrected chi connectivity index (χ4v) is 3.95. The number of carboxylic acids is 2. The highest BCUT2D eigenvalue weighted by molar-refractivity contribution is 5.71. The van der Waals surface area contributed by atoms with Gasteiger partial charge in [0.1, 0.15) is 0 Å². The van der Waals surface area contributed by atoms with Crippen molar-refractivity contribution in [1.29, 1.82) is 0 Å². The van der Waals surface area contributed by atoms with Crippen molar-refractivity contribution >= 4 is 11.9 Å². The Labute approximate surface area is 141 Å². The lowest BCUT2D eigenvalue weighted by Gasteiger charge is -2.39. The van der Waals surface area contributed by atoms with Crippen LogP contribution >= 0.6 is 0 Å². The zero-order chi connectivity index (χ0) is 17.7. The van der Waals surface area contributed by atoms with Gasteiger partial charge < -0.3 is 10.2 Å². The first-order valence-corrected chi connectivity index (χ1v) is 9.38. The Balaban J connectivity index is 5.09. The molecule has 0 aromatic carbocycles. The average Bonchev–Trinajstić information content (AvgIpc) is 2.48. The minimum atomic E-state index is -0.839. The van der Waals surface area contributed by atoms with Crippen LogP contribution in [0, 0.1) is 11.3 Å². The van der Waals surface area contributed by atoms with Crippen molar-refractivity contribution in [2.75, 3.05) is 0 Å². The monoisotopic (exact) mass is 328 g/mol. The van der Waals surface area contributed by atoms with Crippen molar-refractivity contribution in [3.8, 4) is 0 Å². The van der Waals surface area contributed by atoms with Crippen molar-refractivity contribution < 1.29 is 19.8 Å². The van der Waals surface area contributed by atoms with Crippen LogP contribution in [-0.4, -0.2) is 22.2 Å². The van der Waals surface area contributed by atoms with E-state index in [4.69, 9.17) is 5.11 Å². The molecule has 0 fully saturated rings. The summed E-state index contributed by atoms with van der Waals surface area (Å²) < 4.78 is 0. The number of hydrogen-bond donors (Lipinski definition) is 2. The Kier molecular flexibility index (Phi) is 11.8. The standard InChI is InChI=1S/C19H36O4/c1-4-7-8-9-15-19(13-5-2,14-6-3)16(18(22)23)11-10-12-17(20)21/h16H,4-15H2,1-3H3,(H,20,21)(H,22,23). The maximum atomic E-state index is 11.9. The van der Waals surface area contributed by atoms with Crippen LogP contribution in [0.3, 0.4) is 0 Å². The zero-order valence-corrected chi connectivity index (χ0v) is 15.3. The summed E-state index contributed by atoms with van der Waals surface area (Å²) in [5, 5.41) is 18.6. The number of carbonyl (C=O) groups is 2. The Morgan fingerprint density at radius 3 is 1.87 bits per heavy atom. The highest BCUT2D eigenvalue weighted by atomic mass is 16.4. The molecule has 0 amide bonds. The van der Waals surface area contributed by atoms with E-state index in [0.29, 0.717) is 12.8 Å². The SMILES string of the molecule is CCCCCCC(CCC)(CCC)C(CCCC(=O)O)C(=O)O. The second-order valence-corrected chi connectivity index (χ2v) is 6.85. The van der Waals surface area contributed by atoms with Crippen LogP contribution in [0.25, 0.3) is 0 Å². The normalized spacial score (nSPS) is 13.0. The second kappa shape index (κ2) is 12.4. The van der Waals surface area contributed by atoms with Gasteiger partial charge in [-0.1, -0.05) is 59.3 Å². The summed E-state index contributed by atoms with van der Waals surface area (Å²) in [5.41, 5.74) is -0.165. The summed E-state index contributed by atoms with van der Waals surface area (Å²) in [6.45, 7) is 6.41. The Bertz CT molecular complexity index is 332. The molecule has 0 aromatic rings. The quantitative estimate of drug-likeness (QED) is 0.389. The van der Waals surface area contributed by atoms with E-state index in [2.05, 4.69) is 20.8 Å². The van der Waals surface area contributed by atoms with Gasteiger partial charge in [0, 0.05) is 6.42 Å². The van der Waals surface area contributed by atoms with E-state index in [1.807, 2.05) is 0 Å². The van der Waals surface area contributed by atoms with E-state index in [0.717, 1.165) is 44.9 Å². The largest absolute Gasteiger partial charge is 0.481 e. The molecule has 1 unspecified atom stereocenters. The van der Waals surface area contributed by atoms with Gasteiger partial charge in [0.15, 0.2) is 0 Å². The minimum Gasteiger partial charge on any atom is -0.481 e. The minimum absolute atomic E-state index is 0.0634. The molecule has 0 saturated heterocycles. The third kappa shape index (κ3) is 8.38. The summed E-state index contributed by atoms with van der Waals surface area (Å²) in [6, 6.07) is 0. The van der Waals surface area contributed by atoms with Crippen molar-refractivity contribution in [2.24, 2.45) is 11.3 Å². The molecule has 23 heavy (non-hydrogen) atoms. The van der Waals surface area contributed by atoms with Gasteiger partial charge >= 0.3 is 11.9 Å². The van der Waals surface area contributed by atoms with Crippen molar-refractivity contribution in [3.63, 3.8) is 0 Å². The summed E-state index contributed by atoms with van der Waals surface area (Å²) >= 11 is 0. The molecule has 0 aliphatic heterocycles. The molecule has 0 radical (unpaired) electrons. The predicted molar refractivity (Wildman–Crippen MR) is 93.6 cm³/mol. The molecule has 0 rings (SSSR count). The van der Waals surface area contributed by atoms with Gasteiger partial charge in [-0.3, -0.25) is 9.59 Å². The summed E-state index contributed by atoms with van der Waals surface area (Å²) in [6.07, 6.45) is 10.4. The summed E-state index contributed by atoms with van der Waals surface area (Å²) in [4.78, 5) is 22.7. The van der Waals surface area contributed by atoms with Gasteiger partial charge in [0.05, 0.1) is 5.92 Å². The number of unbranched alkanes of at least 4 members (excludes halogenated alkanes) is 3. The first-order valence-electron chi connectivity index (χ1n) is 9.38. The third-order valence-electron chi connectivity index (χ3n) is 4.94. The highest BCUT2D eigenvalue weighted by Gasteiger charge is 2.40. The maximum Gasteiger partial charge on any atom is 0.307 e. The van der Waals surface area contributed by atoms with Crippen LogP contribution in [0.2, 0.25) is 0 Å². The molecule has 4 nitrogen and oxygen atoms in total. The summed E-state index contributed by atoms with van der Waals surface area (Å²) in [5.74, 6) is -2.00. The molecule has 136 valence electrons. The van der Waals surface area contributed by atoms with E-state index < -0.39 is 17.9 Å². The first kappa shape index (κ1) is 21.9. The molecule has 0 saturated carbocycles. The maximum absolute atomic E-state index is 11.9. The van der Waals surface area contributed by atoms with Gasteiger partial charge in [-0.25, -0.2) is 0 Å². The molecule has 0 aliphatic rings. The lowest BCUT2D eigenvalue weighted by Crippen LogP contribution is -2.36. The van der Waals surface area contributed by atoms with Gasteiger partial charge in [-0.2, -0.15) is 0 Å². The molecule has 0 bridgehead atoms. The zero-order valence-electron chi connectivity index (χ0n) is 15.3. The van der Waals surface area contributed by atoms with Crippen molar-refractivity contribution in [3.05, 3.63) is 0 Å². The Morgan fingerprint density at radius 2 is 1.43 bits per heavy atom. The van der Waals surface area contributed by atoms with Crippen LogP contribution in [0.1, 0.15) is 97.8 Å². The smallest absolute Gasteiger partial charge is 0.307 e. The Morgan fingerprint density at radius 1 is 0.826 bits per heavy atom. The van der Waals surface area contributed by atoms with Gasteiger partial charge in [-0.05, 0) is 37.5 Å². The number of hydrogen-bond acceptors (Lipinski definition) is 2. The van der Waals surface area contributed by atoms with Crippen molar-refractivity contribution in [2.45, 2.75) is 97.8 Å². The number of aliphatic carboxylic acids is 2. The topological polar surface area (TPSA) is 74.6 Å². The molecule has 0 aromatic heterocycles. The lowest BCUT2D eigenvalue weighted by atomic mass is 9.64. The Hall–Kier alpha value is -1.06. The van der Waals surface area contributed by atoms with Gasteiger partial charge in [0.25, 0.3) is 0 Å². The average molecular weight is 328 g/mol. The van der Waals surface area contributed by atoms with E-state index in [1.54, 1.807) is 0 Å². The fourth-order valence-electron chi connectivity index (χ4n) is 3.95. The number of carboxylic acid groups (broad SMARTS) is 2. The van der Waals surface area contributed by atoms with Crippen LogP contribution < -0.4 is 0 Å². The van der Waals surface area contributed by atoms with E-state index in [-0.39, 0.29) is 11.8 Å². The molecule has 0 spiro atoms. The highest BCUT2D eigenvalue weighted by Crippen LogP contribution is 2.45. The summed E-state index contributed by atoms with van der Waals surface area (Å²) in [7, 11) is 0. The number of rotatable bonds is 15. The molecule has 2 N–H and O–H groups in total. The molecule has 0 aliphatic carbocycles. The fraction of sp³-hybridized carbons (Fsp3) is 0.895. The van der Waals surface area contributed by atoms with E-state index in [9.17, 15) is 14.7 Å². The molecule has 0 heterocycles. The van der Waals surface area contributed by atoms with E-state index in [1.165, 1.54) is 12.8 Å². The second-order valence-electron chi connectivity index (χ2n) is 6.85. The lowest BCUT2D eigenvalue weighted by molar-refractivity contribution is -0.149. The van der Waals surface area contributed by atoms with Gasteiger partial charge in [-0.15, -0.1) is 0 Å². The van der Waals surface area contributed by atoms with Crippen LogP contribution in [0.5, 0.6) is 0 Å². The van der Waals surface area contributed by atoms with Crippen molar-refractivity contribution in [1.82, 2.24) is 0 Å². The van der Waals surface area contributed by atoms with E-state index >= 15 is 0 Å². The third-order valence-corrected chi connectivity index (χ3v) is 4.94. The molecular formula is C19H36O4. The molecule has 4 heteroatoms. The molecule has 1 atom stereocenters. The van der Waals surface area contributed by atoms with Gasteiger partial charge in [0.2, 0.25) is 0 Å².